The standard InChI is InChI=1S/C14H17N5O/c1-3-6-9-12-13(15)16-17-14(12)19(18-9)10-7-4-5-8-11(10)20-2/h4-5,7-8H,3,6H2,1-2H3,(H3,15,16,17). The molecule has 0 saturated heterocycles. The predicted molar refractivity (Wildman–Crippen MR) is 78.2 cm³/mol. The molecule has 0 unspecified atom stereocenters. The predicted octanol–water partition coefficient (Wildman–Crippen LogP) is 2.29. The van der Waals surface area contributed by atoms with Crippen molar-refractivity contribution in [2.75, 3.05) is 12.8 Å². The van der Waals surface area contributed by atoms with Crippen molar-refractivity contribution in [2.45, 2.75) is 19.8 Å². The molecule has 104 valence electrons. The van der Waals surface area contributed by atoms with Crippen LogP contribution in [0.15, 0.2) is 24.3 Å². The summed E-state index contributed by atoms with van der Waals surface area (Å²) in [5, 5.41) is 12.7. The summed E-state index contributed by atoms with van der Waals surface area (Å²) >= 11 is 0. The van der Waals surface area contributed by atoms with Gasteiger partial charge in [0.15, 0.2) is 5.65 Å². The van der Waals surface area contributed by atoms with Gasteiger partial charge in [-0.25, -0.2) is 4.68 Å². The molecule has 0 bridgehead atoms. The Kier molecular flexibility index (Phi) is 3.06. The minimum Gasteiger partial charge on any atom is -0.494 e. The minimum atomic E-state index is 0.560. The number of methoxy groups -OCH3 is 1. The molecule has 0 aliphatic heterocycles. The molecule has 0 aliphatic carbocycles. The van der Waals surface area contributed by atoms with Crippen molar-refractivity contribution in [3.05, 3.63) is 30.0 Å². The van der Waals surface area contributed by atoms with Crippen molar-refractivity contribution < 1.29 is 4.74 Å². The maximum Gasteiger partial charge on any atom is 0.186 e. The third kappa shape index (κ3) is 1.80. The van der Waals surface area contributed by atoms with Crippen LogP contribution in [-0.4, -0.2) is 27.1 Å². The van der Waals surface area contributed by atoms with E-state index in [-0.39, 0.29) is 0 Å². The quantitative estimate of drug-likeness (QED) is 0.762. The minimum absolute atomic E-state index is 0.560. The van der Waals surface area contributed by atoms with E-state index in [9.17, 15) is 0 Å². The second kappa shape index (κ2) is 4.88. The second-order valence-electron chi connectivity index (χ2n) is 4.62. The number of benzene rings is 1. The topological polar surface area (TPSA) is 81.8 Å². The molecular weight excluding hydrogens is 254 g/mol. The Morgan fingerprint density at radius 2 is 2.15 bits per heavy atom. The molecule has 2 aromatic heterocycles. The number of hydrogen-bond donors (Lipinski definition) is 2. The van der Waals surface area contributed by atoms with Crippen LogP contribution in [0.5, 0.6) is 5.75 Å². The number of aromatic amines is 1. The Bertz CT molecular complexity index is 743. The summed E-state index contributed by atoms with van der Waals surface area (Å²) < 4.78 is 7.18. The fraction of sp³-hybridized carbons (Fsp3) is 0.286. The van der Waals surface area contributed by atoms with E-state index >= 15 is 0 Å². The Morgan fingerprint density at radius 1 is 1.35 bits per heavy atom. The van der Waals surface area contributed by atoms with Crippen LogP contribution in [0.4, 0.5) is 5.82 Å². The molecule has 0 aliphatic rings. The van der Waals surface area contributed by atoms with E-state index in [2.05, 4.69) is 22.2 Å². The first-order chi connectivity index (χ1) is 9.76. The van der Waals surface area contributed by atoms with E-state index < -0.39 is 0 Å². The number of nitrogens with two attached hydrogens (primary N) is 1. The van der Waals surface area contributed by atoms with E-state index in [1.807, 2.05) is 24.3 Å². The first-order valence-corrected chi connectivity index (χ1v) is 6.61. The van der Waals surface area contributed by atoms with Crippen LogP contribution < -0.4 is 10.5 Å². The van der Waals surface area contributed by atoms with Crippen LogP contribution >= 0.6 is 0 Å². The highest BCUT2D eigenvalue weighted by Crippen LogP contribution is 2.29. The molecule has 0 radical (unpaired) electrons. The molecule has 20 heavy (non-hydrogen) atoms. The number of para-hydroxylation sites is 2. The van der Waals surface area contributed by atoms with Gasteiger partial charge in [0, 0.05) is 0 Å². The van der Waals surface area contributed by atoms with Gasteiger partial charge in [-0.05, 0) is 18.6 Å². The zero-order chi connectivity index (χ0) is 14.1. The molecular formula is C14H17N5O. The number of aromatic nitrogens is 4. The molecule has 3 aromatic rings. The Balaban J connectivity index is 2.26. The van der Waals surface area contributed by atoms with Gasteiger partial charge >= 0.3 is 0 Å². The number of anilines is 1. The van der Waals surface area contributed by atoms with Crippen LogP contribution in [0.2, 0.25) is 0 Å². The number of nitrogens with one attached hydrogen (secondary N) is 1. The first kappa shape index (κ1) is 12.5. The summed E-state index contributed by atoms with van der Waals surface area (Å²) in [4.78, 5) is 0. The SMILES string of the molecule is CCCc1nn(-c2ccccc2OC)c2n[nH]c(N)c12. The van der Waals surface area contributed by atoms with Gasteiger partial charge in [-0.2, -0.15) is 10.2 Å². The molecule has 6 nitrogen and oxygen atoms in total. The Morgan fingerprint density at radius 3 is 2.90 bits per heavy atom. The van der Waals surface area contributed by atoms with Crippen molar-refractivity contribution >= 4 is 16.9 Å². The molecule has 3 rings (SSSR count). The lowest BCUT2D eigenvalue weighted by molar-refractivity contribution is 0.412. The first-order valence-electron chi connectivity index (χ1n) is 6.61. The second-order valence-corrected chi connectivity index (χ2v) is 4.62. The molecule has 2 heterocycles. The van der Waals surface area contributed by atoms with Crippen molar-refractivity contribution in [1.29, 1.82) is 0 Å². The summed E-state index contributed by atoms with van der Waals surface area (Å²) in [6.07, 6.45) is 1.87. The van der Waals surface area contributed by atoms with Crippen molar-refractivity contribution in [3.8, 4) is 11.4 Å². The van der Waals surface area contributed by atoms with Crippen LogP contribution in [0.1, 0.15) is 19.0 Å². The molecule has 0 atom stereocenters. The number of ether oxygens (including phenoxy) is 1. The molecule has 0 amide bonds. The van der Waals surface area contributed by atoms with E-state index in [1.54, 1.807) is 11.8 Å². The number of aryl methyl sites for hydroxylation is 1. The van der Waals surface area contributed by atoms with Crippen molar-refractivity contribution in [2.24, 2.45) is 0 Å². The van der Waals surface area contributed by atoms with E-state index in [4.69, 9.17) is 10.5 Å². The maximum atomic E-state index is 5.97. The lowest BCUT2D eigenvalue weighted by Crippen LogP contribution is -2.01. The smallest absolute Gasteiger partial charge is 0.186 e. The number of fused-ring (bicyclic) bond motifs is 1. The van der Waals surface area contributed by atoms with Gasteiger partial charge in [0.25, 0.3) is 0 Å². The summed E-state index contributed by atoms with van der Waals surface area (Å²) in [7, 11) is 1.64. The number of hydrogen-bond acceptors (Lipinski definition) is 4. The third-order valence-electron chi connectivity index (χ3n) is 3.29. The molecule has 0 saturated carbocycles. The van der Waals surface area contributed by atoms with Crippen LogP contribution in [0, 0.1) is 0 Å². The molecule has 6 heteroatoms. The summed E-state index contributed by atoms with van der Waals surface area (Å²) in [5.74, 6) is 1.31. The van der Waals surface area contributed by atoms with Crippen molar-refractivity contribution in [1.82, 2.24) is 20.0 Å². The fourth-order valence-corrected chi connectivity index (χ4v) is 2.39. The number of H-pyrrole nitrogens is 1. The zero-order valence-corrected chi connectivity index (χ0v) is 11.6. The van der Waals surface area contributed by atoms with Gasteiger partial charge < -0.3 is 10.5 Å². The Hall–Kier alpha value is -2.50. The summed E-state index contributed by atoms with van der Waals surface area (Å²) in [6.45, 7) is 2.12. The lowest BCUT2D eigenvalue weighted by Gasteiger charge is -2.07. The molecule has 1 aromatic carbocycles. The monoisotopic (exact) mass is 271 g/mol. The van der Waals surface area contributed by atoms with E-state index in [0.717, 1.165) is 41.0 Å². The highest BCUT2D eigenvalue weighted by molar-refractivity contribution is 5.90. The summed E-state index contributed by atoms with van der Waals surface area (Å²) in [5.41, 5.74) is 8.51. The van der Waals surface area contributed by atoms with Gasteiger partial charge in [-0.3, -0.25) is 5.10 Å². The largest absolute Gasteiger partial charge is 0.494 e. The van der Waals surface area contributed by atoms with Gasteiger partial charge in [0.1, 0.15) is 17.3 Å². The Labute approximate surface area is 116 Å². The summed E-state index contributed by atoms with van der Waals surface area (Å²) in [6, 6.07) is 7.72. The fourth-order valence-electron chi connectivity index (χ4n) is 2.39. The number of nitrogens with zero attached hydrogens (tertiary/aromatic N) is 3. The number of rotatable bonds is 4. The number of nitrogen functional groups attached to an aromatic ring is 1. The van der Waals surface area contributed by atoms with Crippen LogP contribution in [-0.2, 0) is 6.42 Å². The van der Waals surface area contributed by atoms with Crippen LogP contribution in [0.3, 0.4) is 0 Å². The average molecular weight is 271 g/mol. The van der Waals surface area contributed by atoms with Gasteiger partial charge in [0.05, 0.1) is 18.2 Å². The molecule has 3 N–H and O–H groups in total. The maximum absolute atomic E-state index is 5.97. The molecule has 0 fully saturated rings. The lowest BCUT2D eigenvalue weighted by atomic mass is 10.2. The van der Waals surface area contributed by atoms with Gasteiger partial charge in [-0.15, -0.1) is 0 Å². The van der Waals surface area contributed by atoms with E-state index in [0.29, 0.717) is 5.82 Å². The van der Waals surface area contributed by atoms with Crippen molar-refractivity contribution in [3.63, 3.8) is 0 Å². The van der Waals surface area contributed by atoms with Crippen LogP contribution in [0.25, 0.3) is 16.7 Å². The zero-order valence-electron chi connectivity index (χ0n) is 11.6. The highest BCUT2D eigenvalue weighted by atomic mass is 16.5. The third-order valence-corrected chi connectivity index (χ3v) is 3.29. The van der Waals surface area contributed by atoms with Gasteiger partial charge in [-0.1, -0.05) is 25.5 Å². The van der Waals surface area contributed by atoms with E-state index in [1.165, 1.54) is 0 Å². The normalized spacial score (nSPS) is 11.1. The molecule has 0 spiro atoms. The average Bonchev–Trinajstić information content (AvgIpc) is 3.01. The highest BCUT2D eigenvalue weighted by Gasteiger charge is 2.18. The van der Waals surface area contributed by atoms with Gasteiger partial charge in [0.2, 0.25) is 0 Å².